The van der Waals surface area contributed by atoms with Crippen LogP contribution in [0.5, 0.6) is 0 Å². The van der Waals surface area contributed by atoms with Gasteiger partial charge in [0.15, 0.2) is 18.9 Å². The van der Waals surface area contributed by atoms with Gasteiger partial charge in [-0.2, -0.15) is 0 Å². The molecule has 3 aliphatic heterocycles. The molecule has 16 heteroatoms. The monoisotopic (exact) mass is 1310 g/mol. The summed E-state index contributed by atoms with van der Waals surface area (Å²) < 4.78 is 98.6. The lowest BCUT2D eigenvalue weighted by Crippen LogP contribution is -2.68. The molecule has 3 fully saturated rings. The highest BCUT2D eigenvalue weighted by Crippen LogP contribution is 2.39. The summed E-state index contributed by atoms with van der Waals surface area (Å²) in [5.41, 5.74) is 8.06. The smallest absolute Gasteiger partial charge is 0.187 e. The molecule has 9 aromatic rings. The molecule has 506 valence electrons. The third kappa shape index (κ3) is 20.2. The van der Waals surface area contributed by atoms with Crippen molar-refractivity contribution in [2.75, 3.05) is 19.8 Å². The van der Waals surface area contributed by atoms with Crippen LogP contribution in [0.25, 0.3) is 0 Å². The summed E-state index contributed by atoms with van der Waals surface area (Å²) in [5, 5.41) is 25.0. The Bertz CT molecular complexity index is 3600. The van der Waals surface area contributed by atoms with E-state index in [-0.39, 0.29) is 79.3 Å². The van der Waals surface area contributed by atoms with Crippen molar-refractivity contribution in [1.82, 2.24) is 0 Å². The zero-order chi connectivity index (χ0) is 66.1. The first-order valence-corrected chi connectivity index (χ1v) is 33.4. The van der Waals surface area contributed by atoms with Crippen molar-refractivity contribution >= 4 is 0 Å². The van der Waals surface area contributed by atoms with E-state index >= 15 is 0 Å². The van der Waals surface area contributed by atoms with Crippen LogP contribution >= 0.6 is 0 Å². The summed E-state index contributed by atoms with van der Waals surface area (Å²) in [6, 6.07) is 88.3. The van der Waals surface area contributed by atoms with E-state index in [1.54, 1.807) is 0 Å². The van der Waals surface area contributed by atoms with Gasteiger partial charge in [-0.15, -0.1) is 0 Å². The quantitative estimate of drug-likeness (QED) is 0.0390. The summed E-state index contributed by atoms with van der Waals surface area (Å²) in [7, 11) is 0. The van der Waals surface area contributed by atoms with Crippen molar-refractivity contribution in [1.29, 1.82) is 0 Å². The van der Waals surface area contributed by atoms with E-state index in [0.717, 1.165) is 50.1 Å². The Morgan fingerprint density at radius 1 is 0.227 bits per heavy atom. The minimum Gasteiger partial charge on any atom is -0.387 e. The van der Waals surface area contributed by atoms with E-state index in [4.69, 9.17) is 66.3 Å². The molecule has 0 aliphatic carbocycles. The average Bonchev–Trinajstić information content (AvgIpc) is 0.794. The van der Waals surface area contributed by atoms with Crippen LogP contribution in [0.15, 0.2) is 273 Å². The molecular weight excluding hydrogens is 1230 g/mol. The Hall–Kier alpha value is -7.66. The lowest BCUT2D eigenvalue weighted by atomic mass is 9.95. The molecule has 3 heterocycles. The molecule has 16 nitrogen and oxygen atoms in total. The maximum Gasteiger partial charge on any atom is 0.187 e. The van der Waals surface area contributed by atoms with E-state index in [1.165, 1.54) is 0 Å². The van der Waals surface area contributed by atoms with Gasteiger partial charge in [-0.1, -0.05) is 273 Å². The molecule has 0 bridgehead atoms. The number of benzene rings is 9. The molecule has 0 aromatic heterocycles. The molecule has 0 saturated carbocycles. The van der Waals surface area contributed by atoms with E-state index in [9.17, 15) is 10.2 Å². The van der Waals surface area contributed by atoms with Crippen LogP contribution in [0.1, 0.15) is 50.1 Å². The van der Waals surface area contributed by atoms with E-state index in [2.05, 4.69) is 0 Å². The van der Waals surface area contributed by atoms with Gasteiger partial charge in [-0.25, -0.2) is 0 Å². The molecular formula is C81H86O16. The maximum atomic E-state index is 12.7. The first-order valence-electron chi connectivity index (χ1n) is 33.4. The Morgan fingerprint density at radius 3 is 0.773 bits per heavy atom. The Kier molecular flexibility index (Phi) is 26.3. The summed E-state index contributed by atoms with van der Waals surface area (Å²) in [6.45, 7) is 1.18. The van der Waals surface area contributed by atoms with Crippen molar-refractivity contribution in [2.24, 2.45) is 0 Å². The van der Waals surface area contributed by atoms with Crippen LogP contribution < -0.4 is 0 Å². The highest BCUT2D eigenvalue weighted by atomic mass is 16.8. The van der Waals surface area contributed by atoms with Crippen LogP contribution in [0.4, 0.5) is 0 Å². The number of aliphatic hydroxyl groups excluding tert-OH is 2. The van der Waals surface area contributed by atoms with Crippen molar-refractivity contribution in [2.45, 2.75) is 152 Å². The molecule has 3 saturated heterocycles. The van der Waals surface area contributed by atoms with E-state index in [1.807, 2.05) is 273 Å². The van der Waals surface area contributed by atoms with Gasteiger partial charge in [0.1, 0.15) is 73.2 Å². The predicted octanol–water partition coefficient (Wildman–Crippen LogP) is 12.4. The molecule has 9 aromatic carbocycles. The fourth-order valence-corrected chi connectivity index (χ4v) is 12.2. The highest BCUT2D eigenvalue weighted by molar-refractivity contribution is 5.21. The van der Waals surface area contributed by atoms with Crippen molar-refractivity contribution < 1.29 is 76.5 Å². The topological polar surface area (TPSA) is 170 Å². The van der Waals surface area contributed by atoms with Gasteiger partial charge >= 0.3 is 0 Å². The second-order valence-corrected chi connectivity index (χ2v) is 24.4. The molecule has 0 unspecified atom stereocenters. The van der Waals surface area contributed by atoms with Gasteiger partial charge < -0.3 is 76.5 Å². The van der Waals surface area contributed by atoms with Gasteiger partial charge in [0, 0.05) is 0 Å². The number of hydrogen-bond acceptors (Lipinski definition) is 16. The van der Waals surface area contributed by atoms with Gasteiger partial charge in [-0.3, -0.25) is 0 Å². The number of aliphatic hydroxyl groups is 2. The molecule has 15 atom stereocenters. The standard InChI is InChI=1S/C81H86O16/c82-70-67(55-84-46-58-28-10-1-11-29-58)94-80(77(91-53-65-42-24-8-25-43-65)73(70)87-49-61-34-16-4-17-35-61)97-72-69(57-86-48-60-32-14-3-15-33-60)95-81(78(92-54-66-44-26-9-27-45-66)75(72)89-51-63-38-20-6-21-39-63)96-71-68(56-85-47-59-30-12-2-13-31-59)93-79(83)76(90-52-64-40-22-7-23-41-64)74(71)88-50-62-36-18-5-19-37-62/h1-45,67-83H,46-57H2/t67-,68-,69-,70-,71-,72-,73+,74+,75+,76+,77+,78+,79+,80+,81+/m1/s1. The zero-order valence-electron chi connectivity index (χ0n) is 54.2. The highest BCUT2D eigenvalue weighted by Gasteiger charge is 2.57. The third-order valence-electron chi connectivity index (χ3n) is 17.3. The molecule has 2 N–H and O–H groups in total. The van der Waals surface area contributed by atoms with Crippen molar-refractivity contribution in [3.05, 3.63) is 323 Å². The third-order valence-corrected chi connectivity index (χ3v) is 17.3. The van der Waals surface area contributed by atoms with Gasteiger partial charge in [-0.05, 0) is 50.1 Å². The lowest BCUT2D eigenvalue weighted by molar-refractivity contribution is -0.393. The second kappa shape index (κ2) is 36.8. The summed E-state index contributed by atoms with van der Waals surface area (Å²) in [5.74, 6) is 0. The molecule has 97 heavy (non-hydrogen) atoms. The lowest BCUT2D eigenvalue weighted by Gasteiger charge is -2.51. The van der Waals surface area contributed by atoms with E-state index < -0.39 is 92.1 Å². The molecule has 12 rings (SSSR count). The van der Waals surface area contributed by atoms with E-state index in [0.29, 0.717) is 0 Å². The minimum absolute atomic E-state index is 0.0398. The number of ether oxygens (including phenoxy) is 14. The number of hydrogen-bond donors (Lipinski definition) is 2. The Labute approximate surface area is 568 Å². The van der Waals surface area contributed by atoms with Crippen molar-refractivity contribution in [3.63, 3.8) is 0 Å². The van der Waals surface area contributed by atoms with Crippen molar-refractivity contribution in [3.8, 4) is 0 Å². The van der Waals surface area contributed by atoms with Gasteiger partial charge in [0.25, 0.3) is 0 Å². The summed E-state index contributed by atoms with van der Waals surface area (Å²) >= 11 is 0. The van der Waals surface area contributed by atoms with Crippen LogP contribution in [0, 0.1) is 0 Å². The fraction of sp³-hybridized carbons (Fsp3) is 0.333. The van der Waals surface area contributed by atoms with Crippen LogP contribution in [-0.2, 0) is 126 Å². The Balaban J connectivity index is 0.959. The van der Waals surface area contributed by atoms with Gasteiger partial charge in [0.05, 0.1) is 79.3 Å². The average molecular weight is 1320 g/mol. The minimum atomic E-state index is -1.50. The zero-order valence-corrected chi connectivity index (χ0v) is 54.2. The molecule has 3 aliphatic rings. The SMILES string of the molecule is O[C@H]1[C@H](OCc2ccccc2)[C@H](OCc2ccccc2)[C@H](O[C@H]2[C@H](OCc3ccccc3)[C@H](OCc3ccccc3)[C@H](O[C@H]3[C@H](OCc4ccccc4)[C@H](OCc4ccccc4)[C@@H](O)O[C@@H]3COCc3ccccc3)O[C@@H]2COCc2ccccc2)O[C@@H]1COCc1ccccc1. The largest absolute Gasteiger partial charge is 0.387 e. The van der Waals surface area contributed by atoms with Crippen LogP contribution in [0.3, 0.4) is 0 Å². The normalized spacial score (nSPS) is 25.7. The first-order chi connectivity index (χ1) is 47.9. The maximum absolute atomic E-state index is 12.7. The summed E-state index contributed by atoms with van der Waals surface area (Å²) in [4.78, 5) is 0. The van der Waals surface area contributed by atoms with Crippen LogP contribution in [-0.4, -0.2) is 122 Å². The second-order valence-electron chi connectivity index (χ2n) is 24.4. The fourth-order valence-electron chi connectivity index (χ4n) is 12.2. The first kappa shape index (κ1) is 69.2. The number of rotatable bonds is 34. The van der Waals surface area contributed by atoms with Crippen LogP contribution in [0.2, 0.25) is 0 Å². The predicted molar refractivity (Wildman–Crippen MR) is 362 cm³/mol. The summed E-state index contributed by atoms with van der Waals surface area (Å²) in [6.07, 6.45) is -17.1. The molecule has 0 spiro atoms. The molecule has 0 amide bonds. The van der Waals surface area contributed by atoms with Gasteiger partial charge in [0.2, 0.25) is 0 Å². The molecule has 0 radical (unpaired) electrons. The Morgan fingerprint density at radius 2 is 0.454 bits per heavy atom.